The molecule has 35 heavy (non-hydrogen) atoms. The van der Waals surface area contributed by atoms with Crippen molar-refractivity contribution in [1.29, 1.82) is 0 Å². The lowest BCUT2D eigenvalue weighted by molar-refractivity contribution is -0.139. The molecule has 0 bridgehead atoms. The highest BCUT2D eigenvalue weighted by Crippen LogP contribution is 2.37. The van der Waals surface area contributed by atoms with Gasteiger partial charge in [0, 0.05) is 35.4 Å². The predicted molar refractivity (Wildman–Crippen MR) is 130 cm³/mol. The third kappa shape index (κ3) is 5.77. The summed E-state index contributed by atoms with van der Waals surface area (Å²) in [6.45, 7) is 0.862. The first-order valence-electron chi connectivity index (χ1n) is 10.4. The summed E-state index contributed by atoms with van der Waals surface area (Å²) in [5, 5.41) is 3.92. The Morgan fingerprint density at radius 1 is 0.914 bits per heavy atom. The molecule has 3 aromatic rings. The smallest absolute Gasteiger partial charge is 0.360 e. The molecular weight excluding hydrogens is 529 g/mol. The Hall–Kier alpha value is -2.68. The van der Waals surface area contributed by atoms with Gasteiger partial charge in [-0.1, -0.05) is 46.9 Å². The summed E-state index contributed by atoms with van der Waals surface area (Å²) in [4.78, 5) is 16.5. The Morgan fingerprint density at radius 2 is 1.60 bits per heavy atom. The number of anilines is 2. The molecular formula is C24H18Cl3F4N3O. The van der Waals surface area contributed by atoms with Crippen LogP contribution in [0.15, 0.2) is 60.7 Å². The number of benzene rings is 3. The number of piperazine rings is 1. The van der Waals surface area contributed by atoms with Gasteiger partial charge < -0.3 is 15.1 Å². The average molecular weight is 547 g/mol. The monoisotopic (exact) mass is 545 g/mol. The van der Waals surface area contributed by atoms with E-state index < -0.39 is 23.6 Å². The highest BCUT2D eigenvalue weighted by atomic mass is 35.5. The normalized spacial score (nSPS) is 16.4. The second-order valence-corrected chi connectivity index (χ2v) is 9.21. The molecule has 0 aliphatic carbocycles. The number of carbonyl (C=O) groups is 1. The van der Waals surface area contributed by atoms with Crippen LogP contribution in [-0.4, -0.2) is 30.6 Å². The van der Waals surface area contributed by atoms with Gasteiger partial charge in [-0.3, -0.25) is 0 Å². The highest BCUT2D eigenvalue weighted by Gasteiger charge is 2.35. The van der Waals surface area contributed by atoms with Crippen molar-refractivity contribution in [3.63, 3.8) is 0 Å². The zero-order valence-electron chi connectivity index (χ0n) is 17.9. The molecule has 0 spiro atoms. The Labute approximate surface area is 214 Å². The SMILES string of the molecule is O=C(Nc1ccc(F)c(C(F)(F)F)c1)N1CCN(c2ccc(Cl)cc2Cl)C(c2ccc(Cl)cc2)C1. The zero-order chi connectivity index (χ0) is 25.3. The van der Waals surface area contributed by atoms with E-state index in [2.05, 4.69) is 5.32 Å². The van der Waals surface area contributed by atoms with Crippen LogP contribution in [-0.2, 0) is 6.18 Å². The number of rotatable bonds is 3. The van der Waals surface area contributed by atoms with E-state index in [0.29, 0.717) is 33.7 Å². The number of nitrogens with one attached hydrogen (secondary N) is 1. The summed E-state index contributed by atoms with van der Waals surface area (Å²) in [7, 11) is 0. The Balaban J connectivity index is 1.59. The standard InChI is InChI=1S/C24H18Cl3F4N3O/c25-15-3-1-14(2-4-15)22-13-33(9-10-34(22)21-8-5-16(26)11-19(21)27)23(35)32-17-6-7-20(28)18(12-17)24(29,30)31/h1-8,11-12,22H,9-10,13H2,(H,32,35). The van der Waals surface area contributed by atoms with Crippen molar-refractivity contribution < 1.29 is 22.4 Å². The van der Waals surface area contributed by atoms with E-state index in [1.54, 1.807) is 30.3 Å². The second-order valence-electron chi connectivity index (χ2n) is 7.93. The first-order chi connectivity index (χ1) is 16.5. The van der Waals surface area contributed by atoms with Crippen LogP contribution in [0.3, 0.4) is 0 Å². The van der Waals surface area contributed by atoms with Crippen molar-refractivity contribution in [2.45, 2.75) is 12.2 Å². The quantitative estimate of drug-likeness (QED) is 0.339. The average Bonchev–Trinajstić information content (AvgIpc) is 2.80. The number of amides is 2. The van der Waals surface area contributed by atoms with Crippen LogP contribution in [0.25, 0.3) is 0 Å². The third-order valence-electron chi connectivity index (χ3n) is 5.66. The Morgan fingerprint density at radius 3 is 2.26 bits per heavy atom. The molecule has 2 amide bonds. The van der Waals surface area contributed by atoms with Crippen molar-refractivity contribution in [3.8, 4) is 0 Å². The van der Waals surface area contributed by atoms with Crippen molar-refractivity contribution in [2.75, 3.05) is 29.9 Å². The van der Waals surface area contributed by atoms with E-state index in [1.165, 1.54) is 4.90 Å². The molecule has 0 aromatic heterocycles. The van der Waals surface area contributed by atoms with E-state index in [-0.39, 0.29) is 24.8 Å². The van der Waals surface area contributed by atoms with Gasteiger partial charge in [0.1, 0.15) is 5.82 Å². The molecule has 1 saturated heterocycles. The fourth-order valence-corrected chi connectivity index (χ4v) is 4.61. The predicted octanol–water partition coefficient (Wildman–Crippen LogP) is 7.90. The van der Waals surface area contributed by atoms with Crippen LogP contribution in [0.5, 0.6) is 0 Å². The highest BCUT2D eigenvalue weighted by molar-refractivity contribution is 6.36. The van der Waals surface area contributed by atoms with Crippen LogP contribution in [0, 0.1) is 5.82 Å². The van der Waals surface area contributed by atoms with Crippen LogP contribution in [0.4, 0.5) is 33.7 Å². The molecule has 0 radical (unpaired) electrons. The lowest BCUT2D eigenvalue weighted by Crippen LogP contribution is -2.51. The van der Waals surface area contributed by atoms with Gasteiger partial charge in [0.2, 0.25) is 0 Å². The fourth-order valence-electron chi connectivity index (χ4n) is 3.96. The molecule has 1 N–H and O–H groups in total. The van der Waals surface area contributed by atoms with E-state index in [0.717, 1.165) is 17.3 Å². The topological polar surface area (TPSA) is 35.6 Å². The molecule has 4 nitrogen and oxygen atoms in total. The van der Waals surface area contributed by atoms with Crippen LogP contribution < -0.4 is 10.2 Å². The minimum absolute atomic E-state index is 0.157. The molecule has 1 aliphatic heterocycles. The molecule has 0 saturated carbocycles. The number of nitrogens with zero attached hydrogens (tertiary/aromatic N) is 2. The maximum Gasteiger partial charge on any atom is 0.419 e. The van der Waals surface area contributed by atoms with Gasteiger partial charge in [0.25, 0.3) is 0 Å². The molecule has 1 aliphatic rings. The molecule has 1 atom stereocenters. The van der Waals surface area contributed by atoms with Crippen LogP contribution >= 0.6 is 34.8 Å². The molecule has 4 rings (SSSR count). The van der Waals surface area contributed by atoms with Crippen molar-refractivity contribution >= 4 is 52.2 Å². The maximum absolute atomic E-state index is 13.6. The minimum Gasteiger partial charge on any atom is -0.360 e. The van der Waals surface area contributed by atoms with Crippen molar-refractivity contribution in [3.05, 3.63) is 92.7 Å². The summed E-state index contributed by atoms with van der Waals surface area (Å²) in [6.07, 6.45) is -4.88. The summed E-state index contributed by atoms with van der Waals surface area (Å²) >= 11 is 18.5. The molecule has 1 heterocycles. The van der Waals surface area contributed by atoms with Gasteiger partial charge in [-0.25, -0.2) is 9.18 Å². The van der Waals surface area contributed by atoms with Gasteiger partial charge in [0.15, 0.2) is 0 Å². The largest absolute Gasteiger partial charge is 0.419 e. The molecule has 184 valence electrons. The summed E-state index contributed by atoms with van der Waals surface area (Å²) in [5.74, 6) is -1.41. The fraction of sp³-hybridized carbons (Fsp3) is 0.208. The Bertz CT molecular complexity index is 1240. The molecule has 11 heteroatoms. The van der Waals surface area contributed by atoms with Crippen LogP contribution in [0.2, 0.25) is 15.1 Å². The van der Waals surface area contributed by atoms with Gasteiger partial charge in [-0.2, -0.15) is 13.2 Å². The lowest BCUT2D eigenvalue weighted by atomic mass is 10.0. The van der Waals surface area contributed by atoms with Gasteiger partial charge in [-0.15, -0.1) is 0 Å². The van der Waals surface area contributed by atoms with E-state index in [1.807, 2.05) is 17.0 Å². The van der Waals surface area contributed by atoms with E-state index in [4.69, 9.17) is 34.8 Å². The van der Waals surface area contributed by atoms with Crippen LogP contribution in [0.1, 0.15) is 17.2 Å². The van der Waals surface area contributed by atoms with Crippen molar-refractivity contribution in [1.82, 2.24) is 4.90 Å². The number of hydrogen-bond acceptors (Lipinski definition) is 2. The first-order valence-corrected chi connectivity index (χ1v) is 11.6. The number of halogens is 7. The number of carbonyl (C=O) groups excluding carboxylic acids is 1. The maximum atomic E-state index is 13.6. The first kappa shape index (κ1) is 25.4. The molecule has 1 unspecified atom stereocenters. The second kappa shape index (κ2) is 10.1. The van der Waals surface area contributed by atoms with E-state index in [9.17, 15) is 22.4 Å². The lowest BCUT2D eigenvalue weighted by Gasteiger charge is -2.43. The van der Waals surface area contributed by atoms with Gasteiger partial charge >= 0.3 is 12.2 Å². The number of alkyl halides is 3. The van der Waals surface area contributed by atoms with Gasteiger partial charge in [-0.05, 0) is 54.1 Å². The summed E-state index contributed by atoms with van der Waals surface area (Å²) in [6, 6.07) is 13.7. The summed E-state index contributed by atoms with van der Waals surface area (Å²) in [5.41, 5.74) is -0.0185. The number of hydrogen-bond donors (Lipinski definition) is 1. The third-order valence-corrected chi connectivity index (χ3v) is 6.45. The minimum atomic E-state index is -4.88. The Kier molecular flexibility index (Phi) is 7.35. The zero-order valence-corrected chi connectivity index (χ0v) is 20.2. The molecule has 1 fully saturated rings. The molecule has 3 aromatic carbocycles. The van der Waals surface area contributed by atoms with E-state index >= 15 is 0 Å². The number of urea groups is 1. The summed E-state index contributed by atoms with van der Waals surface area (Å²) < 4.78 is 52.8. The van der Waals surface area contributed by atoms with Crippen molar-refractivity contribution in [2.24, 2.45) is 0 Å². The van der Waals surface area contributed by atoms with Gasteiger partial charge in [0.05, 0.1) is 22.3 Å².